The molecule has 0 saturated heterocycles. The Morgan fingerprint density at radius 3 is 2.72 bits per heavy atom. The molecule has 0 aromatic carbocycles. The first-order valence-corrected chi connectivity index (χ1v) is 8.31. The van der Waals surface area contributed by atoms with E-state index in [2.05, 4.69) is 15.4 Å². The van der Waals surface area contributed by atoms with Crippen molar-refractivity contribution in [3.05, 3.63) is 23.5 Å². The van der Waals surface area contributed by atoms with Crippen LogP contribution in [0.4, 0.5) is 4.79 Å². The van der Waals surface area contributed by atoms with E-state index >= 15 is 0 Å². The molecule has 8 nitrogen and oxygen atoms in total. The van der Waals surface area contributed by atoms with Gasteiger partial charge in [0, 0.05) is 18.2 Å². The summed E-state index contributed by atoms with van der Waals surface area (Å²) in [5.41, 5.74) is 0.998. The first kappa shape index (κ1) is 17.2. The molecule has 0 aliphatic heterocycles. The first-order chi connectivity index (χ1) is 11.7. The molecule has 1 aliphatic rings. The number of aromatic nitrogens is 3. The fraction of sp³-hybridized carbons (Fsp3) is 0.529. The largest absolute Gasteiger partial charge is 0.478 e. The number of pyridine rings is 1. The van der Waals surface area contributed by atoms with Crippen molar-refractivity contribution < 1.29 is 19.4 Å². The minimum atomic E-state index is -0.985. The van der Waals surface area contributed by atoms with Crippen LogP contribution in [0.5, 0.6) is 0 Å². The van der Waals surface area contributed by atoms with Crippen LogP contribution in [0.15, 0.2) is 12.3 Å². The summed E-state index contributed by atoms with van der Waals surface area (Å²) in [4.78, 5) is 27.8. The van der Waals surface area contributed by atoms with Crippen LogP contribution >= 0.6 is 0 Å². The van der Waals surface area contributed by atoms with Gasteiger partial charge in [-0.15, -0.1) is 0 Å². The Bertz CT molecular complexity index is 818. The summed E-state index contributed by atoms with van der Waals surface area (Å²) in [7, 11) is 0. The highest BCUT2D eigenvalue weighted by atomic mass is 16.6. The zero-order valence-electron chi connectivity index (χ0n) is 14.6. The number of nitrogens with zero attached hydrogens (tertiary/aromatic N) is 3. The third kappa shape index (κ3) is 4.07. The van der Waals surface area contributed by atoms with Crippen molar-refractivity contribution in [3.8, 4) is 0 Å². The number of ether oxygens (including phenoxy) is 1. The number of amides is 1. The first-order valence-electron chi connectivity index (χ1n) is 8.31. The number of carboxylic acid groups (broad SMARTS) is 1. The van der Waals surface area contributed by atoms with Crippen LogP contribution < -0.4 is 5.32 Å². The zero-order valence-corrected chi connectivity index (χ0v) is 14.6. The Morgan fingerprint density at radius 2 is 2.12 bits per heavy atom. The van der Waals surface area contributed by atoms with Gasteiger partial charge in [0.2, 0.25) is 0 Å². The maximum absolute atomic E-state index is 11.7. The number of hydrogen-bond donors (Lipinski definition) is 2. The third-order valence-electron chi connectivity index (χ3n) is 3.85. The lowest BCUT2D eigenvalue weighted by molar-refractivity contribution is 0.0525. The zero-order chi connectivity index (χ0) is 18.2. The Morgan fingerprint density at radius 1 is 1.40 bits per heavy atom. The van der Waals surface area contributed by atoms with Gasteiger partial charge in [-0.3, -0.25) is 0 Å². The molecule has 2 heterocycles. The maximum atomic E-state index is 11.7. The van der Waals surface area contributed by atoms with Crippen LogP contribution in [-0.2, 0) is 11.3 Å². The Labute approximate surface area is 145 Å². The molecular weight excluding hydrogens is 324 g/mol. The van der Waals surface area contributed by atoms with E-state index in [0.29, 0.717) is 30.0 Å². The molecule has 1 aliphatic carbocycles. The molecule has 25 heavy (non-hydrogen) atoms. The topological polar surface area (TPSA) is 106 Å². The number of carbonyl (C=O) groups excluding carboxylic acids is 1. The van der Waals surface area contributed by atoms with E-state index in [-0.39, 0.29) is 5.56 Å². The van der Waals surface area contributed by atoms with Crippen LogP contribution in [0.3, 0.4) is 0 Å². The van der Waals surface area contributed by atoms with E-state index in [9.17, 15) is 14.7 Å². The molecule has 1 amide bonds. The highest BCUT2D eigenvalue weighted by Gasteiger charge is 2.28. The molecule has 0 bridgehead atoms. The van der Waals surface area contributed by atoms with Gasteiger partial charge in [-0.2, -0.15) is 5.10 Å². The van der Waals surface area contributed by atoms with Crippen LogP contribution in [0.25, 0.3) is 11.0 Å². The van der Waals surface area contributed by atoms with Gasteiger partial charge in [-0.05, 0) is 39.7 Å². The van der Waals surface area contributed by atoms with Crippen LogP contribution in [-0.4, -0.2) is 44.1 Å². The van der Waals surface area contributed by atoms with Gasteiger partial charge >= 0.3 is 12.1 Å². The predicted octanol–water partition coefficient (Wildman–Crippen LogP) is 2.53. The summed E-state index contributed by atoms with van der Waals surface area (Å²) in [5.74, 6) is -0.647. The molecule has 134 valence electrons. The van der Waals surface area contributed by atoms with Crippen molar-refractivity contribution in [2.45, 2.75) is 51.7 Å². The second-order valence-corrected chi connectivity index (χ2v) is 7.21. The fourth-order valence-corrected chi connectivity index (χ4v) is 2.57. The summed E-state index contributed by atoms with van der Waals surface area (Å²) < 4.78 is 6.80. The molecule has 0 unspecified atom stereocenters. The number of rotatable bonds is 5. The second kappa shape index (κ2) is 6.34. The lowest BCUT2D eigenvalue weighted by atomic mass is 10.1. The van der Waals surface area contributed by atoms with Crippen molar-refractivity contribution in [2.75, 3.05) is 6.54 Å². The van der Waals surface area contributed by atoms with E-state index < -0.39 is 17.7 Å². The van der Waals surface area contributed by atoms with E-state index in [1.165, 1.54) is 6.20 Å². The van der Waals surface area contributed by atoms with Crippen LogP contribution in [0, 0.1) is 0 Å². The summed E-state index contributed by atoms with van der Waals surface area (Å²) in [6.45, 7) is 6.07. The molecule has 2 aromatic heterocycles. The van der Waals surface area contributed by atoms with Crippen molar-refractivity contribution in [3.63, 3.8) is 0 Å². The molecule has 2 aromatic rings. The van der Waals surface area contributed by atoms with Gasteiger partial charge in [-0.1, -0.05) is 0 Å². The van der Waals surface area contributed by atoms with E-state index in [0.717, 1.165) is 18.5 Å². The highest BCUT2D eigenvalue weighted by molar-refractivity contribution is 6.01. The number of carbonyl (C=O) groups is 2. The molecule has 0 radical (unpaired) electrons. The number of alkyl carbamates (subject to hydrolysis) is 1. The van der Waals surface area contributed by atoms with Crippen molar-refractivity contribution in [2.24, 2.45) is 0 Å². The van der Waals surface area contributed by atoms with E-state index in [1.807, 2.05) is 0 Å². The number of hydrogen-bond acceptors (Lipinski definition) is 5. The summed E-state index contributed by atoms with van der Waals surface area (Å²) in [6, 6.07) is 1.65. The Balaban J connectivity index is 1.76. The third-order valence-corrected chi connectivity index (χ3v) is 3.85. The number of nitrogens with one attached hydrogen (secondary N) is 1. The van der Waals surface area contributed by atoms with Gasteiger partial charge in [-0.25, -0.2) is 19.3 Å². The maximum Gasteiger partial charge on any atom is 0.407 e. The minimum absolute atomic E-state index is 0.221. The Hall–Kier alpha value is -2.64. The van der Waals surface area contributed by atoms with Crippen LogP contribution in [0.1, 0.15) is 55.6 Å². The molecule has 0 spiro atoms. The van der Waals surface area contributed by atoms with E-state index in [4.69, 9.17) is 4.74 Å². The lowest BCUT2D eigenvalue weighted by Crippen LogP contribution is -2.34. The molecular formula is C17H22N4O4. The molecule has 8 heteroatoms. The van der Waals surface area contributed by atoms with Crippen molar-refractivity contribution in [1.29, 1.82) is 0 Å². The highest BCUT2D eigenvalue weighted by Crippen LogP contribution is 2.40. The molecule has 0 atom stereocenters. The molecule has 2 N–H and O–H groups in total. The standard InChI is InChI=1S/C17H22N4O4/c1-17(2,3)25-16(24)18-6-7-21-14-12(9-19-21)11(15(22)23)8-13(20-14)10-4-5-10/h8-10H,4-7H2,1-3H3,(H,18,24)(H,22,23). The summed E-state index contributed by atoms with van der Waals surface area (Å²) in [5, 5.41) is 16.8. The lowest BCUT2D eigenvalue weighted by Gasteiger charge is -2.19. The average Bonchev–Trinajstić information content (AvgIpc) is 3.27. The number of carboxylic acids is 1. The summed E-state index contributed by atoms with van der Waals surface area (Å²) >= 11 is 0. The minimum Gasteiger partial charge on any atom is -0.478 e. The van der Waals surface area contributed by atoms with Gasteiger partial charge in [0.05, 0.1) is 23.7 Å². The monoisotopic (exact) mass is 346 g/mol. The van der Waals surface area contributed by atoms with Gasteiger partial charge in [0.25, 0.3) is 0 Å². The molecule has 1 saturated carbocycles. The Kier molecular flexibility index (Phi) is 4.36. The SMILES string of the molecule is CC(C)(C)OC(=O)NCCn1ncc2c(C(=O)O)cc(C3CC3)nc21. The molecule has 3 rings (SSSR count). The van der Waals surface area contributed by atoms with Crippen molar-refractivity contribution in [1.82, 2.24) is 20.1 Å². The average molecular weight is 346 g/mol. The van der Waals surface area contributed by atoms with Crippen molar-refractivity contribution >= 4 is 23.1 Å². The smallest absolute Gasteiger partial charge is 0.407 e. The van der Waals surface area contributed by atoms with Gasteiger partial charge in [0.1, 0.15) is 5.60 Å². The predicted molar refractivity (Wildman–Crippen MR) is 90.7 cm³/mol. The quantitative estimate of drug-likeness (QED) is 0.861. The molecule has 1 fully saturated rings. The van der Waals surface area contributed by atoms with Crippen LogP contribution in [0.2, 0.25) is 0 Å². The normalized spacial score (nSPS) is 14.5. The second-order valence-electron chi connectivity index (χ2n) is 7.21. The number of aromatic carboxylic acids is 1. The number of fused-ring (bicyclic) bond motifs is 1. The fourth-order valence-electron chi connectivity index (χ4n) is 2.57. The van der Waals surface area contributed by atoms with E-state index in [1.54, 1.807) is 31.5 Å². The van der Waals surface area contributed by atoms with Gasteiger partial charge in [0.15, 0.2) is 5.65 Å². The van der Waals surface area contributed by atoms with Gasteiger partial charge < -0.3 is 15.2 Å². The summed E-state index contributed by atoms with van der Waals surface area (Å²) in [6.07, 6.45) is 3.08.